The van der Waals surface area contributed by atoms with Crippen molar-refractivity contribution in [2.75, 3.05) is 13.2 Å². The second-order valence-electron chi connectivity index (χ2n) is 7.16. The molecule has 0 saturated carbocycles. The van der Waals surface area contributed by atoms with Gasteiger partial charge in [0.15, 0.2) is 0 Å². The van der Waals surface area contributed by atoms with Gasteiger partial charge in [0.25, 0.3) is 0 Å². The van der Waals surface area contributed by atoms with E-state index in [1.807, 2.05) is 12.1 Å². The number of hydrogen-bond donors (Lipinski definition) is 0. The van der Waals surface area contributed by atoms with E-state index in [9.17, 15) is 9.59 Å². The van der Waals surface area contributed by atoms with Crippen LogP contribution in [0.25, 0.3) is 10.6 Å². The summed E-state index contributed by atoms with van der Waals surface area (Å²) in [6.45, 7) is 7.32. The second kappa shape index (κ2) is 13.3. The van der Waals surface area contributed by atoms with Gasteiger partial charge in [0.1, 0.15) is 0 Å². The fourth-order valence-electron chi connectivity index (χ4n) is 3.09. The van der Waals surface area contributed by atoms with Crippen molar-refractivity contribution in [3.05, 3.63) is 82.7 Å². The van der Waals surface area contributed by atoms with Gasteiger partial charge in [-0.1, -0.05) is 36.4 Å². The second-order valence-corrected chi connectivity index (χ2v) is 7.16. The first-order chi connectivity index (χ1) is 16.4. The molecular formula is C26H26FeN4O4. The molecule has 1 heterocycles. The maximum absolute atomic E-state index is 12.7. The van der Waals surface area contributed by atoms with Crippen molar-refractivity contribution in [3.8, 4) is 0 Å². The van der Waals surface area contributed by atoms with E-state index in [0.29, 0.717) is 34.2 Å². The molecule has 35 heavy (non-hydrogen) atoms. The molecule has 182 valence electrons. The number of hydrogen-bond acceptors (Lipinski definition) is 6. The van der Waals surface area contributed by atoms with Gasteiger partial charge >= 0.3 is 29.0 Å². The molecule has 0 spiro atoms. The fourth-order valence-corrected chi connectivity index (χ4v) is 3.09. The van der Waals surface area contributed by atoms with E-state index in [2.05, 4.69) is 20.6 Å². The van der Waals surface area contributed by atoms with Gasteiger partial charge < -0.3 is 20.1 Å². The molecule has 8 nitrogen and oxygen atoms in total. The van der Waals surface area contributed by atoms with Gasteiger partial charge in [0.2, 0.25) is 0 Å². The van der Waals surface area contributed by atoms with Crippen LogP contribution in [-0.2, 0) is 36.1 Å². The van der Waals surface area contributed by atoms with E-state index in [1.165, 1.54) is 12.4 Å². The van der Waals surface area contributed by atoms with Crippen LogP contribution in [-0.4, -0.2) is 36.6 Å². The zero-order valence-corrected chi connectivity index (χ0v) is 21.1. The Morgan fingerprint density at radius 1 is 0.714 bits per heavy atom. The SMILES string of the molecule is CCOC(=O)/C1=C/[N-]c2ccccc2[N-]/C=C(/C(=O)OCC)C(C)=Nc2ccccc2N=C1C.[Fe+2]. The number of carbonyl (C=O) groups excluding carboxylic acids is 2. The minimum absolute atomic E-state index is 0. The van der Waals surface area contributed by atoms with Crippen LogP contribution in [0.5, 0.6) is 0 Å². The Kier molecular flexibility index (Phi) is 10.4. The molecule has 0 amide bonds. The molecule has 0 saturated heterocycles. The largest absolute Gasteiger partial charge is 2.00 e. The number of carbonyl (C=O) groups is 2. The zero-order chi connectivity index (χ0) is 24.5. The number of rotatable bonds is 4. The number of benzene rings is 2. The van der Waals surface area contributed by atoms with Crippen LogP contribution in [0.2, 0.25) is 0 Å². The van der Waals surface area contributed by atoms with Crippen LogP contribution >= 0.6 is 0 Å². The summed E-state index contributed by atoms with van der Waals surface area (Å²) in [5.41, 5.74) is 3.30. The van der Waals surface area contributed by atoms with Crippen LogP contribution in [0.1, 0.15) is 27.7 Å². The Labute approximate surface area is 215 Å². The van der Waals surface area contributed by atoms with Crippen LogP contribution in [0.15, 0.2) is 82.1 Å². The molecule has 0 atom stereocenters. The molecule has 1 aliphatic rings. The first kappa shape index (κ1) is 27.6. The predicted octanol–water partition coefficient (Wildman–Crippen LogP) is 6.49. The molecule has 2 aromatic rings. The fraction of sp³-hybridized carbons (Fsp3) is 0.231. The first-order valence-electron chi connectivity index (χ1n) is 10.9. The third kappa shape index (κ3) is 7.15. The zero-order valence-electron chi connectivity index (χ0n) is 20.0. The quantitative estimate of drug-likeness (QED) is 0.344. The number of ether oxygens (including phenoxy) is 2. The molecule has 0 aromatic heterocycles. The van der Waals surface area contributed by atoms with Gasteiger partial charge in [-0.15, -0.1) is 0 Å². The average molecular weight is 514 g/mol. The van der Waals surface area contributed by atoms with Crippen molar-refractivity contribution in [1.82, 2.24) is 0 Å². The van der Waals surface area contributed by atoms with E-state index < -0.39 is 11.9 Å². The Hall–Kier alpha value is -3.68. The Morgan fingerprint density at radius 2 is 1.09 bits per heavy atom. The summed E-state index contributed by atoms with van der Waals surface area (Å²) in [5, 5.41) is 8.96. The summed E-state index contributed by atoms with van der Waals surface area (Å²) < 4.78 is 10.4. The number of para-hydroxylation sites is 4. The molecule has 3 rings (SSSR count). The minimum Gasteiger partial charge on any atom is -0.664 e. The Morgan fingerprint density at radius 3 is 1.46 bits per heavy atom. The van der Waals surface area contributed by atoms with Crippen molar-refractivity contribution < 1.29 is 36.1 Å². The van der Waals surface area contributed by atoms with E-state index >= 15 is 0 Å². The minimum atomic E-state index is -0.532. The summed E-state index contributed by atoms with van der Waals surface area (Å²) in [6.07, 6.45) is 2.84. The van der Waals surface area contributed by atoms with Gasteiger partial charge in [-0.3, -0.25) is 9.98 Å². The monoisotopic (exact) mass is 514 g/mol. The molecule has 0 radical (unpaired) electrons. The van der Waals surface area contributed by atoms with Gasteiger partial charge in [-0.05, 0) is 39.8 Å². The summed E-state index contributed by atoms with van der Waals surface area (Å²) in [6, 6.07) is 14.3. The van der Waals surface area contributed by atoms with Gasteiger partial charge in [-0.25, -0.2) is 9.59 Å². The van der Waals surface area contributed by atoms with E-state index in [4.69, 9.17) is 9.47 Å². The summed E-state index contributed by atoms with van der Waals surface area (Å²) in [7, 11) is 0. The van der Waals surface area contributed by atoms with Crippen LogP contribution in [0.3, 0.4) is 0 Å². The van der Waals surface area contributed by atoms with E-state index in [0.717, 1.165) is 0 Å². The molecule has 0 aliphatic carbocycles. The Balaban J connectivity index is 0.00000432. The maximum atomic E-state index is 12.7. The summed E-state index contributed by atoms with van der Waals surface area (Å²) >= 11 is 0. The average Bonchev–Trinajstić information content (AvgIpc) is 2.81. The molecule has 1 aliphatic heterocycles. The summed E-state index contributed by atoms with van der Waals surface area (Å²) in [5.74, 6) is -1.06. The maximum Gasteiger partial charge on any atom is 2.00 e. The molecule has 0 bridgehead atoms. The van der Waals surface area contributed by atoms with Gasteiger partial charge in [0.05, 0.1) is 47.2 Å². The standard InChI is InChI=1S/C26H28N4O4.Fe/c1-5-33-25(31)19-15-27-21-11-7-8-12-22(21)28-16-20(26(32)34-6-2)18(4)30-24-14-10-9-13-23(24)29-17(19)3;/h7-16H,5-6H2,1-4H3,(H2,27,28,29,30,31,32);/q;+2/p-2. The van der Waals surface area contributed by atoms with Gasteiger partial charge in [0, 0.05) is 0 Å². The van der Waals surface area contributed by atoms with Crippen molar-refractivity contribution >= 4 is 46.1 Å². The number of fused-ring (bicyclic) bond motifs is 2. The van der Waals surface area contributed by atoms with Crippen LogP contribution in [0.4, 0.5) is 22.7 Å². The van der Waals surface area contributed by atoms with Crippen LogP contribution < -0.4 is 0 Å². The third-order valence-corrected chi connectivity index (χ3v) is 4.78. The molecule has 9 heteroatoms. The van der Waals surface area contributed by atoms with Crippen molar-refractivity contribution in [2.45, 2.75) is 27.7 Å². The summed E-state index contributed by atoms with van der Waals surface area (Å²) in [4.78, 5) is 34.6. The first-order valence-corrected chi connectivity index (χ1v) is 10.9. The normalized spacial score (nSPS) is 16.3. The molecule has 2 aromatic carbocycles. The van der Waals surface area contributed by atoms with Crippen molar-refractivity contribution in [2.24, 2.45) is 9.98 Å². The molecule has 0 N–H and O–H groups in total. The number of nitrogens with zero attached hydrogens (tertiary/aromatic N) is 4. The molecule has 0 unspecified atom stereocenters. The van der Waals surface area contributed by atoms with E-state index in [-0.39, 0.29) is 41.4 Å². The Bertz CT molecular complexity index is 1110. The number of esters is 2. The topological polar surface area (TPSA) is 106 Å². The number of aliphatic imine (C=N–C) groups is 2. The predicted molar refractivity (Wildman–Crippen MR) is 134 cm³/mol. The van der Waals surface area contributed by atoms with Gasteiger partial charge in [-0.2, -0.15) is 23.8 Å². The third-order valence-electron chi connectivity index (χ3n) is 4.78. The van der Waals surface area contributed by atoms with Crippen molar-refractivity contribution in [3.63, 3.8) is 0 Å². The smallest absolute Gasteiger partial charge is 0.664 e. The van der Waals surface area contributed by atoms with Crippen molar-refractivity contribution in [1.29, 1.82) is 0 Å². The van der Waals surface area contributed by atoms with E-state index in [1.54, 1.807) is 64.1 Å². The molecular weight excluding hydrogens is 488 g/mol. The molecule has 0 fully saturated rings. The van der Waals surface area contributed by atoms with Crippen LogP contribution in [0, 0.1) is 0 Å².